The van der Waals surface area contributed by atoms with E-state index in [2.05, 4.69) is 32.9 Å². The summed E-state index contributed by atoms with van der Waals surface area (Å²) < 4.78 is 12.5. The quantitative estimate of drug-likeness (QED) is 0.397. The van der Waals surface area contributed by atoms with Gasteiger partial charge in [-0.3, -0.25) is 9.69 Å². The van der Waals surface area contributed by atoms with Gasteiger partial charge in [0.15, 0.2) is 5.58 Å². The third kappa shape index (κ3) is 5.09. The van der Waals surface area contributed by atoms with Crippen LogP contribution in [0.25, 0.3) is 11.1 Å². The minimum Gasteiger partial charge on any atom is -0.480 e. The third-order valence-electron chi connectivity index (χ3n) is 6.79. The highest BCUT2D eigenvalue weighted by Gasteiger charge is 2.44. The number of nitrogens with one attached hydrogen (secondary N) is 1. The van der Waals surface area contributed by atoms with Crippen LogP contribution in [0.1, 0.15) is 31.4 Å². The zero-order chi connectivity index (χ0) is 26.3. The van der Waals surface area contributed by atoms with Crippen molar-refractivity contribution in [2.45, 2.75) is 51.5 Å². The first-order chi connectivity index (χ1) is 17.7. The van der Waals surface area contributed by atoms with Gasteiger partial charge in [0.25, 0.3) is 6.01 Å². The Morgan fingerprint density at radius 3 is 2.65 bits per heavy atom. The van der Waals surface area contributed by atoms with E-state index in [4.69, 9.17) is 9.15 Å². The molecule has 0 unspecified atom stereocenters. The minimum atomic E-state index is -1.14. The predicted octanol–water partition coefficient (Wildman–Crippen LogP) is 4.08. The van der Waals surface area contributed by atoms with Gasteiger partial charge in [-0.2, -0.15) is 4.98 Å². The van der Waals surface area contributed by atoms with Crippen LogP contribution in [0.4, 0.5) is 10.8 Å². The molecule has 194 valence electrons. The summed E-state index contributed by atoms with van der Waals surface area (Å²) in [5.41, 5.74) is 3.39. The highest BCUT2D eigenvalue weighted by molar-refractivity contribution is 14.1. The first-order valence-electron chi connectivity index (χ1n) is 12.1. The number of halogens is 1. The van der Waals surface area contributed by atoms with Crippen LogP contribution in [0.3, 0.4) is 0 Å². The molecule has 2 aliphatic heterocycles. The van der Waals surface area contributed by atoms with Crippen molar-refractivity contribution in [3.8, 4) is 0 Å². The van der Waals surface area contributed by atoms with Gasteiger partial charge in [-0.05, 0) is 57.8 Å². The van der Waals surface area contributed by atoms with Crippen molar-refractivity contribution in [2.24, 2.45) is 5.92 Å². The molecule has 2 N–H and O–H groups in total. The van der Waals surface area contributed by atoms with Crippen molar-refractivity contribution < 1.29 is 28.6 Å². The molecule has 10 nitrogen and oxygen atoms in total. The van der Waals surface area contributed by atoms with Crippen LogP contribution in [0.15, 0.2) is 46.9 Å². The van der Waals surface area contributed by atoms with Crippen LogP contribution < -0.4 is 5.32 Å². The molecule has 3 heterocycles. The van der Waals surface area contributed by atoms with Gasteiger partial charge < -0.3 is 24.5 Å². The fourth-order valence-corrected chi connectivity index (χ4v) is 5.57. The highest BCUT2D eigenvalue weighted by atomic mass is 127. The number of likely N-dealkylation sites (tertiary alicyclic amines) is 1. The molecule has 1 fully saturated rings. The zero-order valence-corrected chi connectivity index (χ0v) is 22.5. The summed E-state index contributed by atoms with van der Waals surface area (Å²) in [7, 11) is 0. The summed E-state index contributed by atoms with van der Waals surface area (Å²) in [6.07, 6.45) is -1.21. The first kappa shape index (κ1) is 25.3. The number of amides is 2. The number of aliphatic carboxylic acids is 1. The van der Waals surface area contributed by atoms with E-state index in [0.29, 0.717) is 24.2 Å². The number of hydrogen-bond acceptors (Lipinski definition) is 7. The molecule has 1 aromatic heterocycles. The van der Waals surface area contributed by atoms with Gasteiger partial charge in [-0.1, -0.05) is 38.1 Å². The summed E-state index contributed by atoms with van der Waals surface area (Å²) >= 11 is 2.25. The maximum atomic E-state index is 13.6. The Bertz CT molecular complexity index is 1320. The second-order valence-electron chi connectivity index (χ2n) is 9.67. The fourth-order valence-electron chi connectivity index (χ4n) is 4.85. The molecule has 11 heteroatoms. The van der Waals surface area contributed by atoms with Crippen LogP contribution in [-0.2, 0) is 27.4 Å². The van der Waals surface area contributed by atoms with Gasteiger partial charge in [-0.15, -0.1) is 0 Å². The Balaban J connectivity index is 1.28. The smallest absolute Gasteiger partial charge is 0.410 e. The molecular formula is C26H27IN4O6. The lowest BCUT2D eigenvalue weighted by Crippen LogP contribution is -2.50. The summed E-state index contributed by atoms with van der Waals surface area (Å²) in [5.74, 6) is -1.74. The van der Waals surface area contributed by atoms with E-state index in [0.717, 1.165) is 14.7 Å². The number of hydrogen-bond donors (Lipinski definition) is 2. The first-order valence-corrected chi connectivity index (χ1v) is 13.2. The number of benzene rings is 2. The van der Waals surface area contributed by atoms with E-state index in [9.17, 15) is 19.5 Å². The molecule has 0 radical (unpaired) electrons. The van der Waals surface area contributed by atoms with Crippen LogP contribution in [-0.4, -0.2) is 62.6 Å². The number of nitrogens with zero attached hydrogens (tertiary/aromatic N) is 3. The zero-order valence-electron chi connectivity index (χ0n) is 20.4. The van der Waals surface area contributed by atoms with E-state index >= 15 is 0 Å². The fraction of sp³-hybridized carbons (Fsp3) is 0.385. The average molecular weight is 618 g/mol. The Kier molecular flexibility index (Phi) is 6.97. The normalized spacial score (nSPS) is 19.8. The van der Waals surface area contributed by atoms with Crippen molar-refractivity contribution in [3.05, 3.63) is 57.2 Å². The number of ether oxygens (including phenoxy) is 1. The number of oxazole rings is 1. The topological polar surface area (TPSA) is 125 Å². The predicted molar refractivity (Wildman–Crippen MR) is 143 cm³/mol. The van der Waals surface area contributed by atoms with E-state index in [1.54, 1.807) is 17.0 Å². The molecular weight excluding hydrogens is 591 g/mol. The molecule has 1 saturated heterocycles. The maximum absolute atomic E-state index is 13.6. The van der Waals surface area contributed by atoms with E-state index in [1.165, 1.54) is 4.90 Å². The lowest BCUT2D eigenvalue weighted by molar-refractivity contribution is -0.148. The number of carboxylic acid groups (broad SMARTS) is 1. The molecule has 0 saturated carbocycles. The highest BCUT2D eigenvalue weighted by Crippen LogP contribution is 2.30. The van der Waals surface area contributed by atoms with Crippen molar-refractivity contribution in [1.82, 2.24) is 14.8 Å². The monoisotopic (exact) mass is 618 g/mol. The molecule has 2 aromatic carbocycles. The molecule has 0 bridgehead atoms. The SMILES string of the molecule is CC(C)[C@H](Nc1nc2ccccc2o1)C(=O)N1C[C@H](OC(=O)N2Cc3cccc(I)c3C2)C[C@H]1C(=O)O. The Labute approximate surface area is 227 Å². The average Bonchev–Trinajstić information content (AvgIpc) is 3.58. The second kappa shape index (κ2) is 10.2. The molecule has 2 aliphatic rings. The van der Waals surface area contributed by atoms with Gasteiger partial charge in [0, 0.05) is 16.5 Å². The summed E-state index contributed by atoms with van der Waals surface area (Å²) in [4.78, 5) is 45.8. The number of fused-ring (bicyclic) bond motifs is 2. The van der Waals surface area contributed by atoms with E-state index in [1.807, 2.05) is 44.2 Å². The Morgan fingerprint density at radius 1 is 1.16 bits per heavy atom. The minimum absolute atomic E-state index is 0.00166. The number of aromatic nitrogens is 1. The molecule has 3 atom stereocenters. The van der Waals surface area contributed by atoms with Crippen molar-refractivity contribution >= 4 is 57.7 Å². The maximum Gasteiger partial charge on any atom is 0.410 e. The molecule has 0 aliphatic carbocycles. The third-order valence-corrected chi connectivity index (χ3v) is 7.80. The Morgan fingerprint density at radius 2 is 1.95 bits per heavy atom. The molecule has 3 aromatic rings. The number of carboxylic acids is 1. The van der Waals surface area contributed by atoms with E-state index < -0.39 is 36.2 Å². The van der Waals surface area contributed by atoms with Gasteiger partial charge in [0.1, 0.15) is 23.7 Å². The van der Waals surface area contributed by atoms with Crippen LogP contribution in [0.2, 0.25) is 0 Å². The van der Waals surface area contributed by atoms with Gasteiger partial charge >= 0.3 is 12.1 Å². The number of rotatable bonds is 6. The second-order valence-corrected chi connectivity index (χ2v) is 10.8. The van der Waals surface area contributed by atoms with Gasteiger partial charge in [-0.25, -0.2) is 9.59 Å². The molecule has 37 heavy (non-hydrogen) atoms. The lowest BCUT2D eigenvalue weighted by atomic mass is 10.0. The number of carbonyl (C=O) groups is 3. The number of carbonyl (C=O) groups excluding carboxylic acids is 2. The van der Waals surface area contributed by atoms with Crippen molar-refractivity contribution in [2.75, 3.05) is 11.9 Å². The van der Waals surface area contributed by atoms with Crippen molar-refractivity contribution in [1.29, 1.82) is 0 Å². The largest absolute Gasteiger partial charge is 0.480 e. The molecule has 0 spiro atoms. The van der Waals surface area contributed by atoms with E-state index in [-0.39, 0.29) is 24.9 Å². The molecule has 5 rings (SSSR count). The Hall–Kier alpha value is -3.35. The number of para-hydroxylation sites is 2. The van der Waals surface area contributed by atoms with Crippen molar-refractivity contribution in [3.63, 3.8) is 0 Å². The number of anilines is 1. The van der Waals surface area contributed by atoms with Crippen LogP contribution >= 0.6 is 22.6 Å². The lowest BCUT2D eigenvalue weighted by Gasteiger charge is -2.28. The summed E-state index contributed by atoms with van der Waals surface area (Å²) in [6.45, 7) is 4.59. The molecule has 2 amide bonds. The summed E-state index contributed by atoms with van der Waals surface area (Å²) in [5, 5.41) is 12.9. The summed E-state index contributed by atoms with van der Waals surface area (Å²) in [6, 6.07) is 11.5. The van der Waals surface area contributed by atoms with Crippen LogP contribution in [0, 0.1) is 9.49 Å². The van der Waals surface area contributed by atoms with Gasteiger partial charge in [0.2, 0.25) is 5.91 Å². The van der Waals surface area contributed by atoms with Crippen LogP contribution in [0.5, 0.6) is 0 Å². The standard InChI is InChI=1S/C26H27IN4O6/c1-14(2)22(29-25-28-19-8-3-4-9-21(19)37-25)23(32)31-12-16(10-20(31)24(33)34)36-26(35)30-11-15-6-5-7-18(27)17(15)13-30/h3-9,14,16,20,22H,10-13H2,1-2H3,(H,28,29)(H,33,34)/t16-,20+,22+/m1/s1. The van der Waals surface area contributed by atoms with Gasteiger partial charge in [0.05, 0.1) is 13.1 Å².